The number of nitrogens with zero attached hydrogens (tertiary/aromatic N) is 1. The molecule has 25 heavy (non-hydrogen) atoms. The lowest BCUT2D eigenvalue weighted by atomic mass is 10.2. The summed E-state index contributed by atoms with van der Waals surface area (Å²) in [5.41, 5.74) is 0.980. The Labute approximate surface area is 149 Å². The second-order valence-electron chi connectivity index (χ2n) is 5.03. The van der Waals surface area contributed by atoms with E-state index < -0.39 is 18.0 Å². The highest BCUT2D eigenvalue weighted by Crippen LogP contribution is 2.22. The van der Waals surface area contributed by atoms with E-state index in [0.29, 0.717) is 22.0 Å². The summed E-state index contributed by atoms with van der Waals surface area (Å²) in [6.07, 6.45) is -1.00. The van der Waals surface area contributed by atoms with Gasteiger partial charge in [-0.2, -0.15) is 5.26 Å². The molecule has 6 nitrogen and oxygen atoms in total. The van der Waals surface area contributed by atoms with Crippen molar-refractivity contribution in [3.63, 3.8) is 0 Å². The second kappa shape index (κ2) is 8.71. The van der Waals surface area contributed by atoms with Crippen LogP contribution in [0.15, 0.2) is 48.5 Å². The van der Waals surface area contributed by atoms with Crippen LogP contribution >= 0.6 is 11.6 Å². The number of ether oxygens (including phenoxy) is 2. The molecule has 0 bridgehead atoms. The minimum atomic E-state index is -1.00. The Morgan fingerprint density at radius 1 is 1.20 bits per heavy atom. The van der Waals surface area contributed by atoms with Crippen LogP contribution in [-0.4, -0.2) is 24.6 Å². The Hall–Kier alpha value is -3.04. The van der Waals surface area contributed by atoms with Gasteiger partial charge in [0.1, 0.15) is 5.75 Å². The number of hydrogen-bond donors (Lipinski definition) is 1. The summed E-state index contributed by atoms with van der Waals surface area (Å²) in [6, 6.07) is 15.0. The highest BCUT2D eigenvalue weighted by Gasteiger charge is 2.18. The summed E-state index contributed by atoms with van der Waals surface area (Å²) < 4.78 is 10.3. The Morgan fingerprint density at radius 2 is 1.88 bits per heavy atom. The molecule has 2 aromatic carbocycles. The summed E-state index contributed by atoms with van der Waals surface area (Å²) in [5.74, 6) is -0.825. The summed E-state index contributed by atoms with van der Waals surface area (Å²) >= 11 is 5.91. The lowest BCUT2D eigenvalue weighted by Crippen LogP contribution is -2.31. The number of hydrogen-bond acceptors (Lipinski definition) is 5. The fraction of sp³-hybridized carbons (Fsp3) is 0.167. The maximum absolute atomic E-state index is 12.0. The van der Waals surface area contributed by atoms with Gasteiger partial charge in [0.25, 0.3) is 5.91 Å². The van der Waals surface area contributed by atoms with Crippen LogP contribution in [0.2, 0.25) is 5.02 Å². The van der Waals surface area contributed by atoms with Gasteiger partial charge in [-0.1, -0.05) is 23.7 Å². The fourth-order valence-corrected chi connectivity index (χ4v) is 2.05. The zero-order valence-electron chi connectivity index (χ0n) is 13.4. The largest absolute Gasteiger partial charge is 0.480 e. The number of nitrogens with one attached hydrogen (secondary N) is 1. The number of anilines is 1. The molecule has 0 unspecified atom stereocenters. The first-order chi connectivity index (χ1) is 12.0. The maximum atomic E-state index is 12.0. The van der Waals surface area contributed by atoms with Crippen LogP contribution in [0.3, 0.4) is 0 Å². The van der Waals surface area contributed by atoms with E-state index in [4.69, 9.17) is 26.3 Å². The number of carbonyl (C=O) groups is 2. The molecule has 0 saturated heterocycles. The number of para-hydroxylation sites is 1. The molecule has 128 valence electrons. The number of carbonyl (C=O) groups excluding carboxylic acids is 2. The first kappa shape index (κ1) is 18.3. The molecule has 1 amide bonds. The van der Waals surface area contributed by atoms with Crippen molar-refractivity contribution < 1.29 is 19.1 Å². The molecule has 0 heterocycles. The van der Waals surface area contributed by atoms with E-state index in [1.165, 1.54) is 6.92 Å². The Kier molecular flexibility index (Phi) is 6.38. The van der Waals surface area contributed by atoms with Crippen LogP contribution in [0.1, 0.15) is 12.5 Å². The third kappa shape index (κ3) is 5.52. The molecule has 0 saturated carbocycles. The van der Waals surface area contributed by atoms with Crippen molar-refractivity contribution in [3.05, 3.63) is 59.1 Å². The molecule has 7 heteroatoms. The van der Waals surface area contributed by atoms with Crippen molar-refractivity contribution in [1.29, 1.82) is 5.26 Å². The Balaban J connectivity index is 1.82. The molecule has 0 fully saturated rings. The first-order valence-corrected chi connectivity index (χ1v) is 7.75. The monoisotopic (exact) mass is 358 g/mol. The number of nitriles is 1. The van der Waals surface area contributed by atoms with Gasteiger partial charge in [-0.3, -0.25) is 4.79 Å². The minimum Gasteiger partial charge on any atom is -0.480 e. The SMILES string of the molecule is C[C@@H](OC(=O)COc1ccccc1Cl)C(=O)Nc1ccc(C#N)cc1. The molecule has 0 aromatic heterocycles. The van der Waals surface area contributed by atoms with E-state index in [0.717, 1.165) is 0 Å². The van der Waals surface area contributed by atoms with Gasteiger partial charge in [-0.25, -0.2) is 4.79 Å². The highest BCUT2D eigenvalue weighted by molar-refractivity contribution is 6.32. The van der Waals surface area contributed by atoms with E-state index in [2.05, 4.69) is 5.32 Å². The third-order valence-electron chi connectivity index (χ3n) is 3.14. The van der Waals surface area contributed by atoms with Crippen molar-refractivity contribution in [3.8, 4) is 11.8 Å². The van der Waals surface area contributed by atoms with Crippen molar-refractivity contribution in [2.45, 2.75) is 13.0 Å². The lowest BCUT2D eigenvalue weighted by Gasteiger charge is -2.14. The van der Waals surface area contributed by atoms with E-state index in [9.17, 15) is 9.59 Å². The average molecular weight is 359 g/mol. The molecule has 1 N–H and O–H groups in total. The quantitative estimate of drug-likeness (QED) is 0.801. The molecule has 0 spiro atoms. The van der Waals surface area contributed by atoms with Crippen molar-refractivity contribution in [2.75, 3.05) is 11.9 Å². The Morgan fingerprint density at radius 3 is 2.52 bits per heavy atom. The van der Waals surface area contributed by atoms with Gasteiger partial charge in [0, 0.05) is 5.69 Å². The predicted molar refractivity (Wildman–Crippen MR) is 92.3 cm³/mol. The number of halogens is 1. The number of rotatable bonds is 6. The van der Waals surface area contributed by atoms with E-state index in [1.54, 1.807) is 48.5 Å². The van der Waals surface area contributed by atoms with Crippen molar-refractivity contribution in [2.24, 2.45) is 0 Å². The van der Waals surface area contributed by atoms with Crippen LogP contribution in [0, 0.1) is 11.3 Å². The van der Waals surface area contributed by atoms with Crippen LogP contribution in [0.5, 0.6) is 5.75 Å². The summed E-state index contributed by atoms with van der Waals surface area (Å²) in [5, 5.41) is 11.7. The van der Waals surface area contributed by atoms with E-state index >= 15 is 0 Å². The lowest BCUT2D eigenvalue weighted by molar-refractivity contribution is -0.155. The summed E-state index contributed by atoms with van der Waals surface area (Å²) in [6.45, 7) is 1.09. The fourth-order valence-electron chi connectivity index (χ4n) is 1.86. The molecule has 0 radical (unpaired) electrons. The molecule has 2 aromatic rings. The topological polar surface area (TPSA) is 88.4 Å². The van der Waals surface area contributed by atoms with Gasteiger partial charge in [-0.15, -0.1) is 0 Å². The highest BCUT2D eigenvalue weighted by atomic mass is 35.5. The van der Waals surface area contributed by atoms with Gasteiger partial charge < -0.3 is 14.8 Å². The van der Waals surface area contributed by atoms with Crippen LogP contribution < -0.4 is 10.1 Å². The predicted octanol–water partition coefficient (Wildman–Crippen LogP) is 3.16. The van der Waals surface area contributed by atoms with Crippen molar-refractivity contribution >= 4 is 29.2 Å². The zero-order valence-corrected chi connectivity index (χ0v) is 14.1. The normalized spacial score (nSPS) is 11.1. The summed E-state index contributed by atoms with van der Waals surface area (Å²) in [7, 11) is 0. The molecule has 0 aliphatic rings. The van der Waals surface area contributed by atoms with Crippen LogP contribution in [0.4, 0.5) is 5.69 Å². The van der Waals surface area contributed by atoms with Crippen LogP contribution in [0.25, 0.3) is 0 Å². The second-order valence-corrected chi connectivity index (χ2v) is 5.44. The van der Waals surface area contributed by atoms with Gasteiger partial charge in [0.05, 0.1) is 16.7 Å². The molecule has 1 atom stereocenters. The number of esters is 1. The zero-order chi connectivity index (χ0) is 18.2. The number of amides is 1. The summed E-state index contributed by atoms with van der Waals surface area (Å²) in [4.78, 5) is 23.8. The van der Waals surface area contributed by atoms with Crippen LogP contribution in [-0.2, 0) is 14.3 Å². The number of benzene rings is 2. The van der Waals surface area contributed by atoms with Gasteiger partial charge in [-0.05, 0) is 43.3 Å². The van der Waals surface area contributed by atoms with Gasteiger partial charge in [0.2, 0.25) is 0 Å². The molecule has 0 aliphatic heterocycles. The smallest absolute Gasteiger partial charge is 0.344 e. The molecule has 2 rings (SSSR count). The minimum absolute atomic E-state index is 0.357. The van der Waals surface area contributed by atoms with Gasteiger partial charge >= 0.3 is 5.97 Å². The van der Waals surface area contributed by atoms with Crippen molar-refractivity contribution in [1.82, 2.24) is 0 Å². The average Bonchev–Trinajstić information content (AvgIpc) is 2.61. The molecule has 0 aliphatic carbocycles. The van der Waals surface area contributed by atoms with Gasteiger partial charge in [0.15, 0.2) is 12.7 Å². The first-order valence-electron chi connectivity index (χ1n) is 7.37. The third-order valence-corrected chi connectivity index (χ3v) is 3.45. The van der Waals surface area contributed by atoms with E-state index in [1.807, 2.05) is 6.07 Å². The van der Waals surface area contributed by atoms with E-state index in [-0.39, 0.29) is 6.61 Å². The molecular weight excluding hydrogens is 344 g/mol. The standard InChI is InChI=1S/C18H15ClN2O4/c1-12(18(23)21-14-8-6-13(10-20)7-9-14)25-17(22)11-24-16-5-3-2-4-15(16)19/h2-9,12H,11H2,1H3,(H,21,23)/t12-/m1/s1. The maximum Gasteiger partial charge on any atom is 0.344 e. The molecular formula is C18H15ClN2O4. The Bertz CT molecular complexity index is 799.